The zero-order chi connectivity index (χ0) is 19.1. The molecule has 0 heterocycles. The van der Waals surface area contributed by atoms with Gasteiger partial charge in [-0.15, -0.1) is 0 Å². The standard InChI is InChI=1S/C22H26N2O3/c1-16-8-2-6-12-19(16)22(26)24-15-21(25)23-14-17-9-3-7-13-20(17)27-18-10-4-5-11-18/h2-3,6-9,12-13,18H,4-5,10-11,14-15H2,1H3,(H,23,25)(H,24,26). The lowest BCUT2D eigenvalue weighted by atomic mass is 10.1. The monoisotopic (exact) mass is 366 g/mol. The van der Waals surface area contributed by atoms with E-state index in [4.69, 9.17) is 4.74 Å². The average Bonchev–Trinajstić information content (AvgIpc) is 3.19. The van der Waals surface area contributed by atoms with Crippen molar-refractivity contribution in [3.8, 4) is 5.75 Å². The summed E-state index contributed by atoms with van der Waals surface area (Å²) < 4.78 is 6.09. The van der Waals surface area contributed by atoms with Gasteiger partial charge in [0.1, 0.15) is 5.75 Å². The van der Waals surface area contributed by atoms with Crippen LogP contribution in [0.4, 0.5) is 0 Å². The van der Waals surface area contributed by atoms with E-state index in [0.29, 0.717) is 12.1 Å². The minimum absolute atomic E-state index is 0.0567. The molecule has 27 heavy (non-hydrogen) atoms. The van der Waals surface area contributed by atoms with Crippen molar-refractivity contribution in [2.75, 3.05) is 6.54 Å². The third kappa shape index (κ3) is 5.33. The van der Waals surface area contributed by atoms with Crippen LogP contribution in [0.1, 0.15) is 47.2 Å². The number of ether oxygens (including phenoxy) is 1. The Morgan fingerprint density at radius 1 is 1.00 bits per heavy atom. The number of carbonyl (C=O) groups excluding carboxylic acids is 2. The van der Waals surface area contributed by atoms with Gasteiger partial charge in [-0.05, 0) is 50.3 Å². The number of para-hydroxylation sites is 1. The minimum atomic E-state index is -0.242. The molecule has 0 atom stereocenters. The molecule has 0 bridgehead atoms. The van der Waals surface area contributed by atoms with Gasteiger partial charge in [0.15, 0.2) is 0 Å². The average molecular weight is 366 g/mol. The number of rotatable bonds is 7. The molecule has 0 aliphatic heterocycles. The molecule has 0 radical (unpaired) electrons. The van der Waals surface area contributed by atoms with Crippen LogP contribution < -0.4 is 15.4 Å². The maximum absolute atomic E-state index is 12.2. The van der Waals surface area contributed by atoms with Gasteiger partial charge in [-0.3, -0.25) is 9.59 Å². The summed E-state index contributed by atoms with van der Waals surface area (Å²) >= 11 is 0. The molecule has 3 rings (SSSR count). The summed E-state index contributed by atoms with van der Waals surface area (Å²) in [5, 5.41) is 5.52. The summed E-state index contributed by atoms with van der Waals surface area (Å²) in [7, 11) is 0. The lowest BCUT2D eigenvalue weighted by Gasteiger charge is -2.17. The van der Waals surface area contributed by atoms with Gasteiger partial charge in [0, 0.05) is 17.7 Å². The largest absolute Gasteiger partial charge is 0.490 e. The van der Waals surface area contributed by atoms with Crippen LogP contribution in [0.2, 0.25) is 0 Å². The van der Waals surface area contributed by atoms with Crippen molar-refractivity contribution in [3.63, 3.8) is 0 Å². The number of hydrogen-bond acceptors (Lipinski definition) is 3. The first kappa shape index (κ1) is 19.0. The smallest absolute Gasteiger partial charge is 0.251 e. The molecule has 2 aromatic carbocycles. The van der Waals surface area contributed by atoms with Crippen LogP contribution in [0, 0.1) is 6.92 Å². The van der Waals surface area contributed by atoms with Crippen molar-refractivity contribution in [2.24, 2.45) is 0 Å². The number of amides is 2. The highest BCUT2D eigenvalue weighted by atomic mass is 16.5. The molecule has 1 aliphatic rings. The summed E-state index contributed by atoms with van der Waals surface area (Å²) in [6.45, 7) is 2.19. The lowest BCUT2D eigenvalue weighted by Crippen LogP contribution is -2.36. The van der Waals surface area contributed by atoms with E-state index in [1.165, 1.54) is 12.8 Å². The van der Waals surface area contributed by atoms with Crippen LogP contribution in [0.5, 0.6) is 5.75 Å². The van der Waals surface area contributed by atoms with Crippen molar-refractivity contribution in [1.82, 2.24) is 10.6 Å². The number of hydrogen-bond donors (Lipinski definition) is 2. The van der Waals surface area contributed by atoms with Crippen molar-refractivity contribution >= 4 is 11.8 Å². The highest BCUT2D eigenvalue weighted by molar-refractivity contribution is 5.97. The molecule has 0 aromatic heterocycles. The summed E-state index contributed by atoms with van der Waals surface area (Å²) in [5.74, 6) is 0.356. The number of nitrogens with one attached hydrogen (secondary N) is 2. The summed E-state index contributed by atoms with van der Waals surface area (Å²) in [6.07, 6.45) is 4.88. The van der Waals surface area contributed by atoms with Gasteiger partial charge in [0.25, 0.3) is 5.91 Å². The fourth-order valence-electron chi connectivity index (χ4n) is 3.29. The van der Waals surface area contributed by atoms with Gasteiger partial charge in [-0.1, -0.05) is 36.4 Å². The second-order valence-electron chi connectivity index (χ2n) is 6.91. The quantitative estimate of drug-likeness (QED) is 0.790. The normalized spacial score (nSPS) is 14.0. The Hall–Kier alpha value is -2.82. The van der Waals surface area contributed by atoms with Crippen LogP contribution in [-0.2, 0) is 11.3 Å². The molecule has 1 fully saturated rings. The van der Waals surface area contributed by atoms with E-state index in [1.807, 2.05) is 49.4 Å². The molecule has 1 aliphatic carbocycles. The van der Waals surface area contributed by atoms with Gasteiger partial charge in [-0.2, -0.15) is 0 Å². The van der Waals surface area contributed by atoms with Crippen LogP contribution in [-0.4, -0.2) is 24.5 Å². The SMILES string of the molecule is Cc1ccccc1C(=O)NCC(=O)NCc1ccccc1OC1CCCC1. The zero-order valence-corrected chi connectivity index (χ0v) is 15.7. The van der Waals surface area contributed by atoms with Crippen molar-refractivity contribution < 1.29 is 14.3 Å². The van der Waals surface area contributed by atoms with Crippen LogP contribution >= 0.6 is 0 Å². The third-order valence-corrected chi connectivity index (χ3v) is 4.84. The second kappa shape index (κ2) is 9.21. The summed E-state index contributed by atoms with van der Waals surface area (Å²) in [6, 6.07) is 15.1. The van der Waals surface area contributed by atoms with Crippen LogP contribution in [0.3, 0.4) is 0 Å². The summed E-state index contributed by atoms with van der Waals surface area (Å²) in [5.41, 5.74) is 2.41. The molecule has 5 nitrogen and oxygen atoms in total. The Labute approximate surface area is 160 Å². The molecule has 2 aromatic rings. The topological polar surface area (TPSA) is 67.4 Å². The maximum Gasteiger partial charge on any atom is 0.251 e. The van der Waals surface area contributed by atoms with E-state index in [0.717, 1.165) is 29.7 Å². The highest BCUT2D eigenvalue weighted by Crippen LogP contribution is 2.26. The maximum atomic E-state index is 12.2. The van der Waals surface area contributed by atoms with Gasteiger partial charge in [-0.25, -0.2) is 0 Å². The molecule has 0 spiro atoms. The van der Waals surface area contributed by atoms with E-state index in [9.17, 15) is 9.59 Å². The predicted octanol–water partition coefficient (Wildman–Crippen LogP) is 3.36. The molecule has 0 saturated heterocycles. The molecule has 5 heteroatoms. The molecule has 2 N–H and O–H groups in total. The first-order valence-electron chi connectivity index (χ1n) is 9.48. The van der Waals surface area contributed by atoms with E-state index >= 15 is 0 Å². The first-order chi connectivity index (χ1) is 13.1. The first-order valence-corrected chi connectivity index (χ1v) is 9.48. The Bertz CT molecular complexity index is 798. The van der Waals surface area contributed by atoms with Gasteiger partial charge in [0.05, 0.1) is 12.6 Å². The fourth-order valence-corrected chi connectivity index (χ4v) is 3.29. The minimum Gasteiger partial charge on any atom is -0.490 e. The third-order valence-electron chi connectivity index (χ3n) is 4.84. The Balaban J connectivity index is 1.49. The Morgan fingerprint density at radius 3 is 2.48 bits per heavy atom. The van der Waals surface area contributed by atoms with E-state index in [1.54, 1.807) is 6.07 Å². The van der Waals surface area contributed by atoms with E-state index in [2.05, 4.69) is 10.6 Å². The molecule has 0 unspecified atom stereocenters. The van der Waals surface area contributed by atoms with Crippen LogP contribution in [0.15, 0.2) is 48.5 Å². The van der Waals surface area contributed by atoms with Crippen LogP contribution in [0.25, 0.3) is 0 Å². The number of aryl methyl sites for hydroxylation is 1. The van der Waals surface area contributed by atoms with E-state index in [-0.39, 0.29) is 24.5 Å². The van der Waals surface area contributed by atoms with E-state index < -0.39 is 0 Å². The number of carbonyl (C=O) groups is 2. The van der Waals surface area contributed by atoms with Gasteiger partial charge in [0.2, 0.25) is 5.91 Å². The Morgan fingerprint density at radius 2 is 1.70 bits per heavy atom. The summed E-state index contributed by atoms with van der Waals surface area (Å²) in [4.78, 5) is 24.3. The van der Waals surface area contributed by atoms with Gasteiger partial charge < -0.3 is 15.4 Å². The van der Waals surface area contributed by atoms with Crippen molar-refractivity contribution in [1.29, 1.82) is 0 Å². The van der Waals surface area contributed by atoms with Crippen molar-refractivity contribution in [3.05, 3.63) is 65.2 Å². The van der Waals surface area contributed by atoms with Crippen molar-refractivity contribution in [2.45, 2.75) is 45.3 Å². The Kier molecular flexibility index (Phi) is 6.47. The van der Waals surface area contributed by atoms with Gasteiger partial charge >= 0.3 is 0 Å². The molecular formula is C22H26N2O3. The molecular weight excluding hydrogens is 340 g/mol. The molecule has 2 amide bonds. The predicted molar refractivity (Wildman–Crippen MR) is 105 cm³/mol. The second-order valence-corrected chi connectivity index (χ2v) is 6.91. The highest BCUT2D eigenvalue weighted by Gasteiger charge is 2.18. The molecule has 1 saturated carbocycles. The lowest BCUT2D eigenvalue weighted by molar-refractivity contribution is -0.120. The zero-order valence-electron chi connectivity index (χ0n) is 15.7. The fraction of sp³-hybridized carbons (Fsp3) is 0.364. The molecule has 142 valence electrons. The number of benzene rings is 2.